The molecule has 6 heteroatoms. The predicted molar refractivity (Wildman–Crippen MR) is 81.0 cm³/mol. The van der Waals surface area contributed by atoms with Crippen molar-refractivity contribution in [2.24, 2.45) is 5.92 Å². The normalized spacial score (nSPS) is 17.9. The number of hydrogen-bond donors (Lipinski definition) is 0. The van der Waals surface area contributed by atoms with Gasteiger partial charge in [0.2, 0.25) is 5.91 Å². The number of amides is 1. The zero-order chi connectivity index (χ0) is 16.8. The SMILES string of the molecule is CCOC(=O)C1CCN(C(=O)CCc2ccc(F)cc2)CC1=O. The van der Waals surface area contributed by atoms with Gasteiger partial charge in [-0.1, -0.05) is 12.1 Å². The molecule has 1 aliphatic heterocycles. The van der Waals surface area contributed by atoms with Crippen molar-refractivity contribution < 1.29 is 23.5 Å². The second-order valence-corrected chi connectivity index (χ2v) is 5.50. The molecule has 5 nitrogen and oxygen atoms in total. The van der Waals surface area contributed by atoms with Gasteiger partial charge in [-0.3, -0.25) is 14.4 Å². The van der Waals surface area contributed by atoms with Crippen LogP contribution in [0.1, 0.15) is 25.3 Å². The fourth-order valence-corrected chi connectivity index (χ4v) is 2.59. The third-order valence-electron chi connectivity index (χ3n) is 3.89. The Labute approximate surface area is 134 Å². The summed E-state index contributed by atoms with van der Waals surface area (Å²) in [6, 6.07) is 5.99. The van der Waals surface area contributed by atoms with Crippen LogP contribution in [0, 0.1) is 11.7 Å². The van der Waals surface area contributed by atoms with Crippen LogP contribution in [-0.4, -0.2) is 42.3 Å². The van der Waals surface area contributed by atoms with Crippen LogP contribution in [0.15, 0.2) is 24.3 Å². The number of carbonyl (C=O) groups excluding carboxylic acids is 3. The van der Waals surface area contributed by atoms with Crippen molar-refractivity contribution in [3.05, 3.63) is 35.6 Å². The summed E-state index contributed by atoms with van der Waals surface area (Å²) in [5.74, 6) is -1.98. The van der Waals surface area contributed by atoms with E-state index in [1.54, 1.807) is 19.1 Å². The molecule has 124 valence electrons. The van der Waals surface area contributed by atoms with E-state index < -0.39 is 11.9 Å². The molecule has 1 amide bonds. The number of piperidine rings is 1. The molecule has 23 heavy (non-hydrogen) atoms. The molecule has 1 unspecified atom stereocenters. The van der Waals surface area contributed by atoms with Gasteiger partial charge in [0.15, 0.2) is 5.78 Å². The lowest BCUT2D eigenvalue weighted by Crippen LogP contribution is -2.46. The van der Waals surface area contributed by atoms with E-state index in [4.69, 9.17) is 4.74 Å². The average Bonchev–Trinajstić information content (AvgIpc) is 2.54. The third-order valence-corrected chi connectivity index (χ3v) is 3.89. The summed E-state index contributed by atoms with van der Waals surface area (Å²) < 4.78 is 17.7. The van der Waals surface area contributed by atoms with Gasteiger partial charge in [0.1, 0.15) is 11.7 Å². The number of Topliss-reactive ketones (excluding diaryl/α,β-unsaturated/α-hetero) is 1. The molecule has 0 N–H and O–H groups in total. The number of ether oxygens (including phenoxy) is 1. The third kappa shape index (κ3) is 4.61. The van der Waals surface area contributed by atoms with Gasteiger partial charge in [0, 0.05) is 13.0 Å². The first-order valence-electron chi connectivity index (χ1n) is 7.72. The first-order valence-corrected chi connectivity index (χ1v) is 7.72. The van der Waals surface area contributed by atoms with Crippen molar-refractivity contribution in [2.45, 2.75) is 26.2 Å². The van der Waals surface area contributed by atoms with E-state index in [2.05, 4.69) is 0 Å². The van der Waals surface area contributed by atoms with Crippen LogP contribution in [0.4, 0.5) is 4.39 Å². The summed E-state index contributed by atoms with van der Waals surface area (Å²) in [5.41, 5.74) is 0.868. The standard InChI is InChI=1S/C17H20FNO4/c1-2-23-17(22)14-9-10-19(11-15(14)20)16(21)8-5-12-3-6-13(18)7-4-12/h3-4,6-7,14H,2,5,8-11H2,1H3. The van der Waals surface area contributed by atoms with E-state index in [1.165, 1.54) is 17.0 Å². The minimum atomic E-state index is -0.754. The Balaban J connectivity index is 1.84. The van der Waals surface area contributed by atoms with Crippen LogP contribution in [0.5, 0.6) is 0 Å². The first-order chi connectivity index (χ1) is 11.0. The number of hydrogen-bond acceptors (Lipinski definition) is 4. The predicted octanol–water partition coefficient (Wildman–Crippen LogP) is 1.74. The van der Waals surface area contributed by atoms with E-state index in [1.807, 2.05) is 0 Å². The summed E-state index contributed by atoms with van der Waals surface area (Å²) in [7, 11) is 0. The van der Waals surface area contributed by atoms with E-state index in [-0.39, 0.29) is 37.1 Å². The number of esters is 1. The fourth-order valence-electron chi connectivity index (χ4n) is 2.59. The molecule has 0 aromatic heterocycles. The molecule has 0 spiro atoms. The maximum atomic E-state index is 12.8. The molecule has 1 aromatic carbocycles. The van der Waals surface area contributed by atoms with Crippen LogP contribution >= 0.6 is 0 Å². The van der Waals surface area contributed by atoms with Crippen molar-refractivity contribution in [3.8, 4) is 0 Å². The number of ketones is 1. The zero-order valence-corrected chi connectivity index (χ0v) is 13.1. The Morgan fingerprint density at radius 3 is 2.61 bits per heavy atom. The van der Waals surface area contributed by atoms with Crippen LogP contribution in [0.2, 0.25) is 0 Å². The number of nitrogens with zero attached hydrogens (tertiary/aromatic N) is 1. The largest absolute Gasteiger partial charge is 0.465 e. The Morgan fingerprint density at radius 1 is 1.30 bits per heavy atom. The highest BCUT2D eigenvalue weighted by Gasteiger charge is 2.34. The van der Waals surface area contributed by atoms with Crippen molar-refractivity contribution in [2.75, 3.05) is 19.7 Å². The quantitative estimate of drug-likeness (QED) is 0.612. The monoisotopic (exact) mass is 321 g/mol. The number of rotatable bonds is 5. The van der Waals surface area contributed by atoms with Crippen LogP contribution in [-0.2, 0) is 25.5 Å². The van der Waals surface area contributed by atoms with Crippen molar-refractivity contribution >= 4 is 17.7 Å². The second-order valence-electron chi connectivity index (χ2n) is 5.50. The highest BCUT2D eigenvalue weighted by Crippen LogP contribution is 2.17. The molecule has 0 saturated carbocycles. The Kier molecular flexibility index (Phi) is 5.84. The van der Waals surface area contributed by atoms with Crippen LogP contribution in [0.3, 0.4) is 0 Å². The van der Waals surface area contributed by atoms with E-state index >= 15 is 0 Å². The second kappa shape index (κ2) is 7.85. The summed E-state index contributed by atoms with van der Waals surface area (Å²) in [5, 5.41) is 0. The molecule has 1 fully saturated rings. The molecule has 1 heterocycles. The highest BCUT2D eigenvalue weighted by molar-refractivity contribution is 6.01. The molecule has 0 bridgehead atoms. The van der Waals surface area contributed by atoms with E-state index in [0.29, 0.717) is 19.4 Å². The Hall–Kier alpha value is -2.24. The van der Waals surface area contributed by atoms with Gasteiger partial charge in [0.25, 0.3) is 0 Å². The average molecular weight is 321 g/mol. The van der Waals surface area contributed by atoms with Gasteiger partial charge in [0.05, 0.1) is 13.2 Å². The molecule has 1 aromatic rings. The van der Waals surface area contributed by atoms with Gasteiger partial charge in [-0.15, -0.1) is 0 Å². The van der Waals surface area contributed by atoms with Gasteiger partial charge >= 0.3 is 5.97 Å². The molecule has 0 aliphatic carbocycles. The van der Waals surface area contributed by atoms with Crippen molar-refractivity contribution in [1.82, 2.24) is 4.90 Å². The summed E-state index contributed by atoms with van der Waals surface area (Å²) in [6.45, 7) is 2.25. The van der Waals surface area contributed by atoms with Gasteiger partial charge in [-0.25, -0.2) is 4.39 Å². The van der Waals surface area contributed by atoms with Gasteiger partial charge < -0.3 is 9.64 Å². The minimum absolute atomic E-state index is 0.0499. The molecule has 1 atom stereocenters. The summed E-state index contributed by atoms with van der Waals surface area (Å²) >= 11 is 0. The summed E-state index contributed by atoms with van der Waals surface area (Å²) in [4.78, 5) is 37.3. The zero-order valence-electron chi connectivity index (χ0n) is 13.1. The number of carbonyl (C=O) groups is 3. The van der Waals surface area contributed by atoms with Crippen molar-refractivity contribution in [3.63, 3.8) is 0 Å². The molecule has 0 radical (unpaired) electrons. The Morgan fingerprint density at radius 2 is 2.00 bits per heavy atom. The number of aryl methyl sites for hydroxylation is 1. The topological polar surface area (TPSA) is 63.7 Å². The van der Waals surface area contributed by atoms with Crippen LogP contribution < -0.4 is 0 Å². The molecular formula is C17H20FNO4. The molecule has 1 saturated heterocycles. The van der Waals surface area contributed by atoms with Crippen LogP contribution in [0.25, 0.3) is 0 Å². The number of halogens is 1. The lowest BCUT2D eigenvalue weighted by molar-refractivity contribution is -0.156. The maximum absolute atomic E-state index is 12.8. The van der Waals surface area contributed by atoms with Crippen molar-refractivity contribution in [1.29, 1.82) is 0 Å². The first kappa shape index (κ1) is 17.1. The molecule has 2 rings (SSSR count). The minimum Gasteiger partial charge on any atom is -0.465 e. The summed E-state index contributed by atoms with van der Waals surface area (Å²) in [6.07, 6.45) is 1.05. The fraction of sp³-hybridized carbons (Fsp3) is 0.471. The lowest BCUT2D eigenvalue weighted by Gasteiger charge is -2.29. The van der Waals surface area contributed by atoms with E-state index in [9.17, 15) is 18.8 Å². The number of benzene rings is 1. The highest BCUT2D eigenvalue weighted by atomic mass is 19.1. The lowest BCUT2D eigenvalue weighted by atomic mass is 9.95. The molecule has 1 aliphatic rings. The Bertz CT molecular complexity index is 585. The van der Waals surface area contributed by atoms with Gasteiger partial charge in [-0.2, -0.15) is 0 Å². The molecular weight excluding hydrogens is 301 g/mol. The van der Waals surface area contributed by atoms with Gasteiger partial charge in [-0.05, 0) is 37.5 Å². The van der Waals surface area contributed by atoms with E-state index in [0.717, 1.165) is 5.56 Å². The smallest absolute Gasteiger partial charge is 0.316 e. The maximum Gasteiger partial charge on any atom is 0.316 e. The number of likely N-dealkylation sites (tertiary alicyclic amines) is 1.